The SMILES string of the molecule is CC(=O)NCC1(CO)CCNCC1. The second-order valence-electron chi connectivity index (χ2n) is 3.82. The van der Waals surface area contributed by atoms with Gasteiger partial charge in [0.05, 0.1) is 6.61 Å². The molecule has 1 saturated heterocycles. The largest absolute Gasteiger partial charge is 0.396 e. The van der Waals surface area contributed by atoms with Crippen LogP contribution in [0.3, 0.4) is 0 Å². The Balaban J connectivity index is 2.42. The van der Waals surface area contributed by atoms with Gasteiger partial charge in [0.25, 0.3) is 0 Å². The van der Waals surface area contributed by atoms with Crippen molar-refractivity contribution in [1.29, 1.82) is 0 Å². The molecule has 1 aliphatic heterocycles. The van der Waals surface area contributed by atoms with Crippen LogP contribution >= 0.6 is 0 Å². The van der Waals surface area contributed by atoms with Crippen LogP contribution in [0.25, 0.3) is 0 Å². The molecule has 0 bridgehead atoms. The topological polar surface area (TPSA) is 61.4 Å². The Bertz CT molecular complexity index is 176. The fraction of sp³-hybridized carbons (Fsp3) is 0.889. The number of hydrogen-bond donors (Lipinski definition) is 3. The number of carbonyl (C=O) groups excluding carboxylic acids is 1. The molecule has 0 radical (unpaired) electrons. The van der Waals surface area contributed by atoms with Gasteiger partial charge in [-0.1, -0.05) is 0 Å². The minimum absolute atomic E-state index is 0.0219. The monoisotopic (exact) mass is 186 g/mol. The van der Waals surface area contributed by atoms with E-state index in [1.807, 2.05) is 0 Å². The maximum Gasteiger partial charge on any atom is 0.216 e. The average molecular weight is 186 g/mol. The second-order valence-corrected chi connectivity index (χ2v) is 3.82. The summed E-state index contributed by atoms with van der Waals surface area (Å²) in [7, 11) is 0. The van der Waals surface area contributed by atoms with E-state index >= 15 is 0 Å². The third-order valence-corrected chi connectivity index (χ3v) is 2.71. The van der Waals surface area contributed by atoms with Gasteiger partial charge in [0, 0.05) is 18.9 Å². The van der Waals surface area contributed by atoms with Crippen molar-refractivity contribution in [1.82, 2.24) is 10.6 Å². The van der Waals surface area contributed by atoms with Gasteiger partial charge in [0.2, 0.25) is 5.91 Å². The zero-order valence-corrected chi connectivity index (χ0v) is 8.10. The summed E-state index contributed by atoms with van der Waals surface area (Å²) < 4.78 is 0. The van der Waals surface area contributed by atoms with Crippen molar-refractivity contribution < 1.29 is 9.90 Å². The maximum atomic E-state index is 10.7. The van der Waals surface area contributed by atoms with Gasteiger partial charge in [0.15, 0.2) is 0 Å². The van der Waals surface area contributed by atoms with E-state index in [9.17, 15) is 9.90 Å². The number of rotatable bonds is 3. The molecule has 1 fully saturated rings. The lowest BCUT2D eigenvalue weighted by Gasteiger charge is -2.35. The van der Waals surface area contributed by atoms with Crippen molar-refractivity contribution >= 4 is 5.91 Å². The van der Waals surface area contributed by atoms with Gasteiger partial charge in [-0.15, -0.1) is 0 Å². The summed E-state index contributed by atoms with van der Waals surface area (Å²) in [5.74, 6) is -0.0219. The average Bonchev–Trinajstić information content (AvgIpc) is 2.16. The molecule has 13 heavy (non-hydrogen) atoms. The fourth-order valence-corrected chi connectivity index (χ4v) is 1.66. The van der Waals surface area contributed by atoms with E-state index < -0.39 is 0 Å². The predicted octanol–water partition coefficient (Wildman–Crippen LogP) is -0.515. The molecule has 4 heteroatoms. The van der Waals surface area contributed by atoms with Gasteiger partial charge >= 0.3 is 0 Å². The number of aliphatic hydroxyl groups is 1. The lowest BCUT2D eigenvalue weighted by atomic mass is 9.79. The summed E-state index contributed by atoms with van der Waals surface area (Å²) in [6.07, 6.45) is 1.87. The van der Waals surface area contributed by atoms with Gasteiger partial charge in [-0.05, 0) is 25.9 Å². The molecule has 1 amide bonds. The lowest BCUT2D eigenvalue weighted by molar-refractivity contribution is -0.119. The van der Waals surface area contributed by atoms with E-state index in [2.05, 4.69) is 10.6 Å². The van der Waals surface area contributed by atoms with Gasteiger partial charge in [-0.2, -0.15) is 0 Å². The van der Waals surface area contributed by atoms with Crippen LogP contribution in [-0.4, -0.2) is 37.3 Å². The first kappa shape index (κ1) is 10.5. The molecule has 1 heterocycles. The van der Waals surface area contributed by atoms with Crippen LogP contribution in [0.15, 0.2) is 0 Å². The highest BCUT2D eigenvalue weighted by molar-refractivity contribution is 5.72. The molecule has 0 aromatic carbocycles. The Morgan fingerprint density at radius 1 is 1.54 bits per heavy atom. The van der Waals surface area contributed by atoms with Crippen molar-refractivity contribution in [3.8, 4) is 0 Å². The highest BCUT2D eigenvalue weighted by atomic mass is 16.3. The van der Waals surface area contributed by atoms with Crippen molar-refractivity contribution in [2.45, 2.75) is 19.8 Å². The maximum absolute atomic E-state index is 10.7. The Morgan fingerprint density at radius 2 is 2.15 bits per heavy atom. The van der Waals surface area contributed by atoms with Gasteiger partial charge < -0.3 is 15.7 Å². The van der Waals surface area contributed by atoms with Crippen LogP contribution in [-0.2, 0) is 4.79 Å². The molecule has 0 aromatic heterocycles. The van der Waals surface area contributed by atoms with Crippen molar-refractivity contribution in [3.63, 3.8) is 0 Å². The van der Waals surface area contributed by atoms with E-state index in [-0.39, 0.29) is 17.9 Å². The van der Waals surface area contributed by atoms with E-state index in [1.54, 1.807) is 0 Å². The molecule has 1 aliphatic rings. The summed E-state index contributed by atoms with van der Waals surface area (Å²) in [6.45, 7) is 4.13. The molecule has 0 saturated carbocycles. The van der Waals surface area contributed by atoms with Crippen molar-refractivity contribution in [3.05, 3.63) is 0 Å². The van der Waals surface area contributed by atoms with Crippen LogP contribution in [0.2, 0.25) is 0 Å². The molecule has 0 atom stereocenters. The smallest absolute Gasteiger partial charge is 0.216 e. The van der Waals surface area contributed by atoms with Gasteiger partial charge in [-0.25, -0.2) is 0 Å². The second kappa shape index (κ2) is 4.58. The summed E-state index contributed by atoms with van der Waals surface area (Å²) in [5.41, 5.74) is -0.0864. The summed E-state index contributed by atoms with van der Waals surface area (Å²) in [5, 5.41) is 15.3. The molecule has 0 unspecified atom stereocenters. The van der Waals surface area contributed by atoms with Crippen LogP contribution in [0.1, 0.15) is 19.8 Å². The number of piperidine rings is 1. The molecular weight excluding hydrogens is 168 g/mol. The molecule has 4 nitrogen and oxygen atoms in total. The van der Waals surface area contributed by atoms with E-state index in [1.165, 1.54) is 6.92 Å². The molecule has 0 aliphatic carbocycles. The normalized spacial score (nSPS) is 21.1. The Hall–Kier alpha value is -0.610. The lowest BCUT2D eigenvalue weighted by Crippen LogP contribution is -2.46. The zero-order valence-electron chi connectivity index (χ0n) is 8.10. The Kier molecular flexibility index (Phi) is 3.69. The third kappa shape index (κ3) is 2.97. The van der Waals surface area contributed by atoms with Gasteiger partial charge in [-0.3, -0.25) is 4.79 Å². The van der Waals surface area contributed by atoms with E-state index in [0.717, 1.165) is 25.9 Å². The first-order valence-electron chi connectivity index (χ1n) is 4.75. The fourth-order valence-electron chi connectivity index (χ4n) is 1.66. The molecule has 0 spiro atoms. The van der Waals surface area contributed by atoms with Crippen LogP contribution in [0.4, 0.5) is 0 Å². The highest BCUT2D eigenvalue weighted by Crippen LogP contribution is 2.26. The number of hydrogen-bond acceptors (Lipinski definition) is 3. The third-order valence-electron chi connectivity index (χ3n) is 2.71. The van der Waals surface area contributed by atoms with E-state index in [0.29, 0.717) is 6.54 Å². The number of amides is 1. The number of nitrogens with one attached hydrogen (secondary N) is 2. The van der Waals surface area contributed by atoms with E-state index in [4.69, 9.17) is 0 Å². The molecular formula is C9H18N2O2. The Morgan fingerprint density at radius 3 is 2.62 bits per heavy atom. The molecule has 1 rings (SSSR count). The predicted molar refractivity (Wildman–Crippen MR) is 50.3 cm³/mol. The molecule has 0 aromatic rings. The van der Waals surface area contributed by atoms with Crippen molar-refractivity contribution in [2.75, 3.05) is 26.2 Å². The zero-order chi connectivity index (χ0) is 9.73. The standard InChI is InChI=1S/C9H18N2O2/c1-8(13)11-6-9(7-12)2-4-10-5-3-9/h10,12H,2-7H2,1H3,(H,11,13). The minimum Gasteiger partial charge on any atom is -0.396 e. The summed E-state index contributed by atoms with van der Waals surface area (Å²) >= 11 is 0. The summed E-state index contributed by atoms with van der Waals surface area (Å²) in [4.78, 5) is 10.7. The highest BCUT2D eigenvalue weighted by Gasteiger charge is 2.31. The molecule has 76 valence electrons. The summed E-state index contributed by atoms with van der Waals surface area (Å²) in [6, 6.07) is 0. The number of carbonyl (C=O) groups is 1. The van der Waals surface area contributed by atoms with Crippen LogP contribution in [0, 0.1) is 5.41 Å². The van der Waals surface area contributed by atoms with Crippen LogP contribution in [0.5, 0.6) is 0 Å². The van der Waals surface area contributed by atoms with Crippen LogP contribution < -0.4 is 10.6 Å². The van der Waals surface area contributed by atoms with Crippen molar-refractivity contribution in [2.24, 2.45) is 5.41 Å². The number of aliphatic hydroxyl groups excluding tert-OH is 1. The quantitative estimate of drug-likeness (QED) is 0.556. The first-order chi connectivity index (χ1) is 6.18. The van der Waals surface area contributed by atoms with Gasteiger partial charge in [0.1, 0.15) is 0 Å². The first-order valence-corrected chi connectivity index (χ1v) is 4.75. The molecule has 3 N–H and O–H groups in total. The minimum atomic E-state index is -0.0864. The Labute approximate surface area is 78.7 Å².